The first-order chi connectivity index (χ1) is 9.46. The zero-order valence-corrected chi connectivity index (χ0v) is 13.2. The molecule has 1 aliphatic rings. The van der Waals surface area contributed by atoms with Crippen LogP contribution in [0.3, 0.4) is 0 Å². The summed E-state index contributed by atoms with van der Waals surface area (Å²) < 4.78 is 0. The Morgan fingerprint density at radius 1 is 1.50 bits per heavy atom. The number of hydrogen-bond acceptors (Lipinski definition) is 4. The van der Waals surface area contributed by atoms with Crippen LogP contribution < -0.4 is 5.73 Å². The van der Waals surface area contributed by atoms with E-state index in [4.69, 9.17) is 5.73 Å². The van der Waals surface area contributed by atoms with Crippen LogP contribution in [-0.4, -0.2) is 53.0 Å². The van der Waals surface area contributed by atoms with E-state index in [9.17, 15) is 14.7 Å². The van der Waals surface area contributed by atoms with Crippen molar-refractivity contribution in [3.05, 3.63) is 0 Å². The van der Waals surface area contributed by atoms with Crippen LogP contribution in [0.5, 0.6) is 0 Å². The van der Waals surface area contributed by atoms with Crippen LogP contribution in [0.25, 0.3) is 0 Å². The Bertz CT molecular complexity index is 347. The van der Waals surface area contributed by atoms with Crippen LogP contribution in [0.15, 0.2) is 0 Å². The van der Waals surface area contributed by atoms with Gasteiger partial charge >= 0.3 is 5.97 Å². The zero-order chi connectivity index (χ0) is 15.2. The molecule has 1 rings (SSSR count). The number of carbonyl (C=O) groups is 2. The lowest BCUT2D eigenvalue weighted by atomic mass is 9.76. The third kappa shape index (κ3) is 4.12. The average Bonchev–Trinajstić information content (AvgIpc) is 2.44. The Morgan fingerprint density at radius 3 is 2.75 bits per heavy atom. The number of carboxylic acids is 1. The van der Waals surface area contributed by atoms with E-state index in [0.717, 1.165) is 18.6 Å². The Kier molecular flexibility index (Phi) is 6.82. The second-order valence-corrected chi connectivity index (χ2v) is 6.57. The molecule has 1 unspecified atom stereocenters. The summed E-state index contributed by atoms with van der Waals surface area (Å²) in [6.45, 7) is 2.92. The third-order valence-electron chi connectivity index (χ3n) is 4.02. The van der Waals surface area contributed by atoms with Crippen molar-refractivity contribution in [2.75, 3.05) is 25.1 Å². The van der Waals surface area contributed by atoms with Crippen molar-refractivity contribution in [3.63, 3.8) is 0 Å². The lowest BCUT2D eigenvalue weighted by molar-refractivity contribution is -0.155. The summed E-state index contributed by atoms with van der Waals surface area (Å²) in [6.07, 6.45) is 5.45. The number of nitrogens with two attached hydrogens (primary N) is 1. The lowest BCUT2D eigenvalue weighted by Crippen LogP contribution is -2.54. The molecule has 0 aromatic carbocycles. The van der Waals surface area contributed by atoms with Crippen molar-refractivity contribution in [3.8, 4) is 0 Å². The number of aliphatic carboxylic acids is 1. The molecule has 1 fully saturated rings. The van der Waals surface area contributed by atoms with Crippen LogP contribution in [-0.2, 0) is 9.59 Å². The van der Waals surface area contributed by atoms with Gasteiger partial charge in [0, 0.05) is 13.1 Å². The minimum atomic E-state index is -0.783. The van der Waals surface area contributed by atoms with E-state index in [1.54, 1.807) is 16.7 Å². The van der Waals surface area contributed by atoms with E-state index in [0.29, 0.717) is 32.4 Å². The van der Waals surface area contributed by atoms with Crippen LogP contribution in [0, 0.1) is 5.41 Å². The Morgan fingerprint density at radius 2 is 2.20 bits per heavy atom. The molecule has 1 saturated heterocycles. The molecule has 1 amide bonds. The number of nitrogens with zero attached hydrogens (tertiary/aromatic N) is 1. The summed E-state index contributed by atoms with van der Waals surface area (Å²) >= 11 is 1.66. The number of amides is 1. The normalized spacial score (nSPS) is 24.4. The fraction of sp³-hybridized carbons (Fsp3) is 0.857. The summed E-state index contributed by atoms with van der Waals surface area (Å²) in [5.74, 6) is -0.0326. The van der Waals surface area contributed by atoms with Crippen molar-refractivity contribution < 1.29 is 14.7 Å². The van der Waals surface area contributed by atoms with Gasteiger partial charge in [0.15, 0.2) is 0 Å². The van der Waals surface area contributed by atoms with E-state index in [-0.39, 0.29) is 5.91 Å². The van der Waals surface area contributed by atoms with Gasteiger partial charge in [-0.05, 0) is 37.7 Å². The van der Waals surface area contributed by atoms with Crippen molar-refractivity contribution >= 4 is 23.6 Å². The largest absolute Gasteiger partial charge is 0.481 e. The van der Waals surface area contributed by atoms with Crippen molar-refractivity contribution in [1.29, 1.82) is 0 Å². The molecular formula is C14H26N2O3S. The molecule has 0 saturated carbocycles. The molecule has 1 heterocycles. The molecular weight excluding hydrogens is 276 g/mol. The molecule has 3 N–H and O–H groups in total. The molecule has 0 radical (unpaired) electrons. The van der Waals surface area contributed by atoms with Crippen LogP contribution in [0.1, 0.15) is 39.0 Å². The van der Waals surface area contributed by atoms with Crippen LogP contribution in [0.4, 0.5) is 0 Å². The Balaban J connectivity index is 2.72. The van der Waals surface area contributed by atoms with Gasteiger partial charge in [-0.1, -0.05) is 13.3 Å². The summed E-state index contributed by atoms with van der Waals surface area (Å²) in [5.41, 5.74) is 5.14. The number of likely N-dealkylation sites (tertiary alicyclic amines) is 1. The number of hydrogen-bond donors (Lipinski definition) is 2. The fourth-order valence-corrected chi connectivity index (χ4v) is 3.38. The van der Waals surface area contributed by atoms with Crippen LogP contribution >= 0.6 is 11.8 Å². The number of rotatable bonds is 7. The van der Waals surface area contributed by atoms with Gasteiger partial charge in [-0.3, -0.25) is 9.59 Å². The van der Waals surface area contributed by atoms with Crippen molar-refractivity contribution in [2.24, 2.45) is 11.1 Å². The number of carbonyl (C=O) groups excluding carboxylic acids is 1. The van der Waals surface area contributed by atoms with Gasteiger partial charge in [0.2, 0.25) is 5.91 Å². The van der Waals surface area contributed by atoms with Gasteiger partial charge in [-0.15, -0.1) is 0 Å². The first-order valence-corrected chi connectivity index (χ1v) is 8.63. The van der Waals surface area contributed by atoms with Gasteiger partial charge in [-0.2, -0.15) is 11.8 Å². The molecule has 0 aromatic rings. The highest BCUT2D eigenvalue weighted by Gasteiger charge is 2.43. The minimum absolute atomic E-state index is 0.0968. The molecule has 2 atom stereocenters. The van der Waals surface area contributed by atoms with Gasteiger partial charge < -0.3 is 15.7 Å². The molecule has 0 aliphatic carbocycles. The van der Waals surface area contributed by atoms with E-state index < -0.39 is 17.4 Å². The molecule has 116 valence electrons. The lowest BCUT2D eigenvalue weighted by Gasteiger charge is -2.40. The van der Waals surface area contributed by atoms with E-state index in [1.165, 1.54) is 0 Å². The topological polar surface area (TPSA) is 83.6 Å². The van der Waals surface area contributed by atoms with Gasteiger partial charge in [-0.25, -0.2) is 0 Å². The number of piperidine rings is 1. The smallest absolute Gasteiger partial charge is 0.311 e. The van der Waals surface area contributed by atoms with Gasteiger partial charge in [0.25, 0.3) is 0 Å². The van der Waals surface area contributed by atoms with E-state index >= 15 is 0 Å². The molecule has 20 heavy (non-hydrogen) atoms. The van der Waals surface area contributed by atoms with Gasteiger partial charge in [0.05, 0.1) is 11.5 Å². The number of thioether (sulfide) groups is 1. The summed E-state index contributed by atoms with van der Waals surface area (Å²) in [6, 6.07) is -0.506. The highest BCUT2D eigenvalue weighted by molar-refractivity contribution is 7.98. The second kappa shape index (κ2) is 7.88. The Hall–Kier alpha value is -0.750. The van der Waals surface area contributed by atoms with Crippen molar-refractivity contribution in [2.45, 2.75) is 45.1 Å². The molecule has 0 aromatic heterocycles. The average molecular weight is 302 g/mol. The molecule has 0 spiro atoms. The van der Waals surface area contributed by atoms with E-state index in [1.807, 2.05) is 13.2 Å². The highest BCUT2D eigenvalue weighted by atomic mass is 32.2. The summed E-state index contributed by atoms with van der Waals surface area (Å²) in [4.78, 5) is 25.6. The Labute approximate surface area is 125 Å². The first-order valence-electron chi connectivity index (χ1n) is 7.23. The standard InChI is InChI=1S/C14H26N2O3S/c1-3-6-14(13(18)19)7-4-8-16(10-14)12(17)11(15)5-9-20-2/h11H,3-10,15H2,1-2H3,(H,18,19)/t11-,14?/m1/s1. The first kappa shape index (κ1) is 17.3. The zero-order valence-electron chi connectivity index (χ0n) is 12.4. The molecule has 6 heteroatoms. The molecule has 5 nitrogen and oxygen atoms in total. The van der Waals surface area contributed by atoms with E-state index in [2.05, 4.69) is 0 Å². The van der Waals surface area contributed by atoms with Gasteiger partial charge in [0.1, 0.15) is 0 Å². The predicted molar refractivity (Wildman–Crippen MR) is 81.8 cm³/mol. The monoisotopic (exact) mass is 302 g/mol. The predicted octanol–water partition coefficient (Wildman–Crippen LogP) is 1.56. The van der Waals surface area contributed by atoms with Crippen LogP contribution in [0.2, 0.25) is 0 Å². The SMILES string of the molecule is CCCC1(C(=O)O)CCCN(C(=O)[C@H](N)CCSC)C1. The summed E-state index contributed by atoms with van der Waals surface area (Å²) in [5, 5.41) is 9.53. The maximum absolute atomic E-state index is 12.3. The summed E-state index contributed by atoms with van der Waals surface area (Å²) in [7, 11) is 0. The second-order valence-electron chi connectivity index (χ2n) is 5.59. The molecule has 1 aliphatic heterocycles. The van der Waals surface area contributed by atoms with Crippen molar-refractivity contribution in [1.82, 2.24) is 4.90 Å². The number of carboxylic acid groups (broad SMARTS) is 1. The maximum atomic E-state index is 12.3. The quantitative estimate of drug-likeness (QED) is 0.745. The minimum Gasteiger partial charge on any atom is -0.481 e. The third-order valence-corrected chi connectivity index (χ3v) is 4.66. The fourth-order valence-electron chi connectivity index (χ4n) is 2.89. The highest BCUT2D eigenvalue weighted by Crippen LogP contribution is 2.35. The molecule has 0 bridgehead atoms. The maximum Gasteiger partial charge on any atom is 0.311 e.